The highest BCUT2D eigenvalue weighted by Gasteiger charge is 2.23. The van der Waals surface area contributed by atoms with Crippen LogP contribution in [0.5, 0.6) is 0 Å². The average Bonchev–Trinajstić information content (AvgIpc) is 2.72. The van der Waals surface area contributed by atoms with E-state index in [1.54, 1.807) is 0 Å². The Balaban J connectivity index is 0.00000196. The van der Waals surface area contributed by atoms with Gasteiger partial charge in [-0.25, -0.2) is 0 Å². The fraction of sp³-hybridized carbons (Fsp3) is 0.500. The van der Waals surface area contributed by atoms with Crippen LogP contribution in [0.1, 0.15) is 37.8 Å². The Hall–Kier alpha value is -0.680. The molecule has 2 aromatic carbocycles. The first kappa shape index (κ1) is 25.4. The van der Waals surface area contributed by atoms with E-state index >= 15 is 0 Å². The van der Waals surface area contributed by atoms with Gasteiger partial charge < -0.3 is 0 Å². The van der Waals surface area contributed by atoms with Crippen LogP contribution in [-0.4, -0.2) is 48.1 Å². The summed E-state index contributed by atoms with van der Waals surface area (Å²) in [7, 11) is 0. The van der Waals surface area contributed by atoms with Crippen molar-refractivity contribution in [3.05, 3.63) is 71.8 Å². The normalized spacial score (nSPS) is 17.2. The van der Waals surface area contributed by atoms with Gasteiger partial charge in [-0.05, 0) is 50.7 Å². The fourth-order valence-corrected chi connectivity index (χ4v) is 4.02. The monoisotopic (exact) mass is 510 g/mol. The molecular weight excluding hydrogens is 476 g/mol. The van der Waals surface area contributed by atoms with Gasteiger partial charge in [0.1, 0.15) is 0 Å². The minimum absolute atomic E-state index is 0. The highest BCUT2D eigenvalue weighted by molar-refractivity contribution is 8.93. The van der Waals surface area contributed by atoms with Crippen molar-refractivity contribution in [1.82, 2.24) is 9.80 Å². The maximum Gasteiger partial charge on any atom is 0.0113 e. The standard InChI is InChI=1S/C24H34N2.2BrH/c1-21(13-15-23-9-5-3-6-10-23)25-17-19-26(20-18-25)22(2)14-16-24-11-7-4-8-12-24;;/h3-12,21-22H,13-20H2,1-2H3;2*1H. The van der Waals surface area contributed by atoms with E-state index in [1.807, 2.05) is 0 Å². The molecule has 0 spiro atoms. The third-order valence-electron chi connectivity index (χ3n) is 5.98. The van der Waals surface area contributed by atoms with E-state index in [9.17, 15) is 0 Å². The summed E-state index contributed by atoms with van der Waals surface area (Å²) < 4.78 is 0. The maximum atomic E-state index is 2.68. The van der Waals surface area contributed by atoms with Crippen LogP contribution >= 0.6 is 34.0 Å². The van der Waals surface area contributed by atoms with E-state index in [0.717, 1.165) is 0 Å². The van der Waals surface area contributed by atoms with Crippen LogP contribution < -0.4 is 0 Å². The van der Waals surface area contributed by atoms with Crippen LogP contribution in [0.25, 0.3) is 0 Å². The summed E-state index contributed by atoms with van der Waals surface area (Å²) in [5, 5.41) is 0. The zero-order valence-corrected chi connectivity index (χ0v) is 20.7. The highest BCUT2D eigenvalue weighted by Crippen LogP contribution is 2.16. The highest BCUT2D eigenvalue weighted by atomic mass is 79.9. The smallest absolute Gasteiger partial charge is 0.0113 e. The predicted octanol–water partition coefficient (Wildman–Crippen LogP) is 5.80. The Bertz CT molecular complexity index is 570. The summed E-state index contributed by atoms with van der Waals surface area (Å²) in [6, 6.07) is 23.2. The summed E-state index contributed by atoms with van der Waals surface area (Å²) in [4.78, 5) is 5.37. The van der Waals surface area contributed by atoms with E-state index in [-0.39, 0.29) is 34.0 Å². The molecule has 28 heavy (non-hydrogen) atoms. The number of aryl methyl sites for hydroxylation is 2. The van der Waals surface area contributed by atoms with Crippen LogP contribution in [0.15, 0.2) is 60.7 Å². The Labute approximate surface area is 192 Å². The van der Waals surface area contributed by atoms with Gasteiger partial charge in [0, 0.05) is 38.3 Å². The van der Waals surface area contributed by atoms with Gasteiger partial charge in [0.15, 0.2) is 0 Å². The molecule has 2 atom stereocenters. The van der Waals surface area contributed by atoms with Gasteiger partial charge in [0.05, 0.1) is 0 Å². The van der Waals surface area contributed by atoms with Crippen molar-refractivity contribution in [2.75, 3.05) is 26.2 Å². The molecule has 0 amide bonds. The lowest BCUT2D eigenvalue weighted by Crippen LogP contribution is -2.52. The van der Waals surface area contributed by atoms with E-state index < -0.39 is 0 Å². The summed E-state index contributed by atoms with van der Waals surface area (Å²) >= 11 is 0. The van der Waals surface area contributed by atoms with E-state index in [2.05, 4.69) is 84.3 Å². The lowest BCUT2D eigenvalue weighted by Gasteiger charge is -2.40. The first-order chi connectivity index (χ1) is 12.7. The molecule has 2 unspecified atom stereocenters. The molecule has 4 heteroatoms. The first-order valence-corrected chi connectivity index (χ1v) is 10.3. The van der Waals surface area contributed by atoms with Crippen molar-refractivity contribution in [2.45, 2.75) is 51.6 Å². The quantitative estimate of drug-likeness (QED) is 0.441. The van der Waals surface area contributed by atoms with E-state index in [0.29, 0.717) is 12.1 Å². The van der Waals surface area contributed by atoms with Crippen molar-refractivity contribution in [3.63, 3.8) is 0 Å². The number of benzene rings is 2. The molecule has 1 heterocycles. The van der Waals surface area contributed by atoms with Gasteiger partial charge in [-0.1, -0.05) is 60.7 Å². The van der Waals surface area contributed by atoms with Crippen LogP contribution in [0.4, 0.5) is 0 Å². The lowest BCUT2D eigenvalue weighted by molar-refractivity contribution is 0.0736. The van der Waals surface area contributed by atoms with Gasteiger partial charge >= 0.3 is 0 Å². The lowest BCUT2D eigenvalue weighted by atomic mass is 10.0. The molecular formula is C24H36Br2N2. The maximum absolute atomic E-state index is 2.68. The largest absolute Gasteiger partial charge is 0.298 e. The van der Waals surface area contributed by atoms with Gasteiger partial charge in [-0.3, -0.25) is 9.80 Å². The molecule has 2 aromatic rings. The van der Waals surface area contributed by atoms with Gasteiger partial charge in [0.2, 0.25) is 0 Å². The van der Waals surface area contributed by atoms with Crippen molar-refractivity contribution in [2.24, 2.45) is 0 Å². The van der Waals surface area contributed by atoms with E-state index in [1.165, 1.54) is 63.0 Å². The molecule has 3 rings (SSSR count). The number of hydrogen-bond donors (Lipinski definition) is 0. The summed E-state index contributed by atoms with van der Waals surface area (Å²) in [6.45, 7) is 9.66. The van der Waals surface area contributed by atoms with Crippen LogP contribution in [0, 0.1) is 0 Å². The Morgan fingerprint density at radius 2 is 0.929 bits per heavy atom. The van der Waals surface area contributed by atoms with Crippen LogP contribution in [0.3, 0.4) is 0 Å². The van der Waals surface area contributed by atoms with Gasteiger partial charge in [-0.15, -0.1) is 34.0 Å². The summed E-state index contributed by atoms with van der Waals surface area (Å²) in [5.41, 5.74) is 2.93. The SMILES string of the molecule is Br.Br.CC(CCc1ccccc1)N1CCN(C(C)CCc2ccccc2)CC1. The zero-order chi connectivity index (χ0) is 18.2. The molecule has 1 fully saturated rings. The Morgan fingerprint density at radius 3 is 1.25 bits per heavy atom. The Morgan fingerprint density at radius 1 is 0.607 bits per heavy atom. The summed E-state index contributed by atoms with van der Waals surface area (Å²) in [5.74, 6) is 0. The zero-order valence-electron chi connectivity index (χ0n) is 17.3. The molecule has 156 valence electrons. The van der Waals surface area contributed by atoms with Crippen molar-refractivity contribution in [1.29, 1.82) is 0 Å². The number of piperazine rings is 1. The third kappa shape index (κ3) is 7.98. The number of hydrogen-bond acceptors (Lipinski definition) is 2. The van der Waals surface area contributed by atoms with Gasteiger partial charge in [0.25, 0.3) is 0 Å². The van der Waals surface area contributed by atoms with Crippen LogP contribution in [0.2, 0.25) is 0 Å². The number of halogens is 2. The number of nitrogens with zero attached hydrogens (tertiary/aromatic N) is 2. The number of rotatable bonds is 8. The predicted molar refractivity (Wildman–Crippen MR) is 132 cm³/mol. The second-order valence-electron chi connectivity index (χ2n) is 7.82. The van der Waals surface area contributed by atoms with E-state index in [4.69, 9.17) is 0 Å². The topological polar surface area (TPSA) is 6.48 Å². The minimum atomic E-state index is 0. The second kappa shape index (κ2) is 13.5. The minimum Gasteiger partial charge on any atom is -0.298 e. The van der Waals surface area contributed by atoms with Crippen LogP contribution in [-0.2, 0) is 12.8 Å². The molecule has 0 aliphatic carbocycles. The molecule has 1 saturated heterocycles. The fourth-order valence-electron chi connectivity index (χ4n) is 4.02. The Kier molecular flexibility index (Phi) is 12.2. The molecule has 0 bridgehead atoms. The molecule has 0 aromatic heterocycles. The third-order valence-corrected chi connectivity index (χ3v) is 5.98. The first-order valence-electron chi connectivity index (χ1n) is 10.3. The summed E-state index contributed by atoms with van der Waals surface area (Å²) in [6.07, 6.45) is 4.90. The molecule has 0 N–H and O–H groups in total. The molecule has 1 aliphatic heterocycles. The average molecular weight is 512 g/mol. The molecule has 2 nitrogen and oxygen atoms in total. The van der Waals surface area contributed by atoms with Gasteiger partial charge in [-0.2, -0.15) is 0 Å². The van der Waals surface area contributed by atoms with Crippen molar-refractivity contribution < 1.29 is 0 Å². The van der Waals surface area contributed by atoms with Crippen molar-refractivity contribution in [3.8, 4) is 0 Å². The second-order valence-corrected chi connectivity index (χ2v) is 7.82. The molecule has 1 aliphatic rings. The molecule has 0 radical (unpaired) electrons. The van der Waals surface area contributed by atoms with Crippen molar-refractivity contribution >= 4 is 34.0 Å². The molecule has 0 saturated carbocycles.